The first-order chi connectivity index (χ1) is 18.7. The van der Waals surface area contributed by atoms with Crippen LogP contribution in [-0.2, 0) is 16.2 Å². The Bertz CT molecular complexity index is 1580. The first-order valence-electron chi connectivity index (χ1n) is 12.2. The van der Waals surface area contributed by atoms with Crippen LogP contribution >= 0.6 is 11.6 Å². The number of sulfonamides is 1. The maximum Gasteiger partial charge on any atom is 0.416 e. The fraction of sp³-hybridized carbons (Fsp3) is 0.241. The second-order valence-corrected chi connectivity index (χ2v) is 11.7. The first kappa shape index (κ1) is 29.5. The molecule has 5 nitrogen and oxygen atoms in total. The molecular formula is C29H26ClF4NO4S. The van der Waals surface area contributed by atoms with Gasteiger partial charge in [-0.05, 0) is 73.4 Å². The molecule has 11 heteroatoms. The maximum absolute atomic E-state index is 14.5. The second kappa shape index (κ2) is 11.2. The Labute approximate surface area is 235 Å². The number of benzene rings is 3. The highest BCUT2D eigenvalue weighted by Crippen LogP contribution is 2.43. The molecule has 3 aromatic carbocycles. The molecule has 0 saturated heterocycles. The molecular weight excluding hydrogens is 570 g/mol. The Hall–Kier alpha value is -3.50. The normalized spacial score (nSPS) is 15.9. The molecule has 0 unspecified atom stereocenters. The molecule has 1 aliphatic heterocycles. The van der Waals surface area contributed by atoms with Crippen molar-refractivity contribution in [2.24, 2.45) is 0 Å². The van der Waals surface area contributed by atoms with Crippen LogP contribution in [0.2, 0.25) is 5.02 Å². The Morgan fingerprint density at radius 1 is 1.20 bits per heavy atom. The number of alkyl halides is 3. The average molecular weight is 596 g/mol. The molecule has 40 heavy (non-hydrogen) atoms. The van der Waals surface area contributed by atoms with Gasteiger partial charge in [0.15, 0.2) is 0 Å². The van der Waals surface area contributed by atoms with Crippen LogP contribution < -0.4 is 9.04 Å². The number of fused-ring (bicyclic) bond motifs is 1. The molecule has 0 amide bonds. The van der Waals surface area contributed by atoms with E-state index in [1.54, 1.807) is 38.1 Å². The zero-order valence-corrected chi connectivity index (χ0v) is 23.2. The molecule has 0 aliphatic carbocycles. The second-order valence-electron chi connectivity index (χ2n) is 9.46. The standard InChI is InChI=1S/C29H26ClF4NO4S/c1-17(27-24(30)8-5-9-25(27)31)14-20-11-13-26-28(19(20)3)35(16-22(39-26)12-10-18(2)36)40(37,38)23-7-4-6-21(15-23)29(32,33)34/h4-9,11,13-15,22,36H,2,10,12,16H2,1,3H3/b17-14+/t22-/m0/s1. The largest absolute Gasteiger partial charge is 0.513 e. The summed E-state index contributed by atoms with van der Waals surface area (Å²) in [4.78, 5) is -0.532. The van der Waals surface area contributed by atoms with Gasteiger partial charge < -0.3 is 9.84 Å². The topological polar surface area (TPSA) is 66.8 Å². The van der Waals surface area contributed by atoms with Gasteiger partial charge in [-0.25, -0.2) is 12.8 Å². The van der Waals surface area contributed by atoms with Crippen molar-refractivity contribution >= 4 is 39.0 Å². The highest BCUT2D eigenvalue weighted by molar-refractivity contribution is 7.92. The Balaban J connectivity index is 1.86. The fourth-order valence-electron chi connectivity index (χ4n) is 4.58. The molecule has 4 rings (SSSR count). The lowest BCUT2D eigenvalue weighted by atomic mass is 9.99. The summed E-state index contributed by atoms with van der Waals surface area (Å²) in [6, 6.07) is 11.1. The van der Waals surface area contributed by atoms with Gasteiger partial charge in [0.1, 0.15) is 17.7 Å². The van der Waals surface area contributed by atoms with Crippen LogP contribution in [0.15, 0.2) is 71.8 Å². The van der Waals surface area contributed by atoms with Gasteiger partial charge in [-0.1, -0.05) is 42.5 Å². The van der Waals surface area contributed by atoms with Gasteiger partial charge in [-0.3, -0.25) is 4.31 Å². The van der Waals surface area contributed by atoms with E-state index >= 15 is 0 Å². The molecule has 1 atom stereocenters. The predicted octanol–water partition coefficient (Wildman–Crippen LogP) is 8.18. The summed E-state index contributed by atoms with van der Waals surface area (Å²) < 4.78 is 89.6. The minimum absolute atomic E-state index is 0.111. The number of rotatable bonds is 7. The van der Waals surface area contributed by atoms with E-state index in [1.807, 2.05) is 0 Å². The summed E-state index contributed by atoms with van der Waals surface area (Å²) in [6.45, 7) is 6.53. The summed E-state index contributed by atoms with van der Waals surface area (Å²) in [6.07, 6.45) is -3.44. The van der Waals surface area contributed by atoms with Crippen molar-refractivity contribution < 1.29 is 35.8 Å². The summed E-state index contributed by atoms with van der Waals surface area (Å²) in [5, 5.41) is 9.76. The Morgan fingerprint density at radius 2 is 1.90 bits per heavy atom. The van der Waals surface area contributed by atoms with Crippen LogP contribution in [-0.4, -0.2) is 26.2 Å². The highest BCUT2D eigenvalue weighted by atomic mass is 35.5. The third kappa shape index (κ3) is 5.97. The monoisotopic (exact) mass is 595 g/mol. The molecule has 0 radical (unpaired) electrons. The SMILES string of the molecule is C=C(O)CC[C@H]1CN(S(=O)(=O)c2cccc(C(F)(F)F)c2)c2c(ccc(/C=C(\C)c3c(F)cccc3Cl)c2C)O1. The van der Waals surface area contributed by atoms with Crippen molar-refractivity contribution in [1.29, 1.82) is 0 Å². The molecule has 0 bridgehead atoms. The molecule has 1 N–H and O–H groups in total. The zero-order valence-electron chi connectivity index (χ0n) is 21.6. The smallest absolute Gasteiger partial charge is 0.416 e. The average Bonchev–Trinajstić information content (AvgIpc) is 2.88. The lowest BCUT2D eigenvalue weighted by Crippen LogP contribution is -2.44. The van der Waals surface area contributed by atoms with Crippen LogP contribution in [0.3, 0.4) is 0 Å². The third-order valence-electron chi connectivity index (χ3n) is 6.58. The van der Waals surface area contributed by atoms with Crippen molar-refractivity contribution in [3.05, 3.63) is 100 Å². The zero-order chi connectivity index (χ0) is 29.4. The molecule has 3 aromatic rings. The van der Waals surface area contributed by atoms with Gasteiger partial charge in [0.25, 0.3) is 10.0 Å². The van der Waals surface area contributed by atoms with E-state index in [9.17, 15) is 31.1 Å². The number of allylic oxidation sites excluding steroid dienone is 2. The molecule has 1 aliphatic rings. The quantitative estimate of drug-likeness (QED) is 0.170. The Kier molecular flexibility index (Phi) is 8.23. The number of hydrogen-bond donors (Lipinski definition) is 1. The summed E-state index contributed by atoms with van der Waals surface area (Å²) in [7, 11) is -4.50. The van der Waals surface area contributed by atoms with Crippen molar-refractivity contribution in [3.63, 3.8) is 0 Å². The molecule has 0 spiro atoms. The lowest BCUT2D eigenvalue weighted by molar-refractivity contribution is -0.137. The summed E-state index contributed by atoms with van der Waals surface area (Å²) in [5.41, 5.74) is 0.707. The Morgan fingerprint density at radius 3 is 2.55 bits per heavy atom. The van der Waals surface area contributed by atoms with E-state index in [2.05, 4.69) is 6.58 Å². The van der Waals surface area contributed by atoms with Crippen LogP contribution in [0.4, 0.5) is 23.2 Å². The fourth-order valence-corrected chi connectivity index (χ4v) is 6.50. The highest BCUT2D eigenvalue weighted by Gasteiger charge is 2.38. The lowest BCUT2D eigenvalue weighted by Gasteiger charge is -2.37. The minimum atomic E-state index is -4.74. The molecule has 212 valence electrons. The minimum Gasteiger partial charge on any atom is -0.513 e. The number of ether oxygens (including phenoxy) is 1. The molecule has 0 aromatic heterocycles. The number of nitrogens with zero attached hydrogens (tertiary/aromatic N) is 1. The molecule has 1 heterocycles. The number of aliphatic hydroxyl groups is 1. The van der Waals surface area contributed by atoms with Crippen molar-refractivity contribution in [3.8, 4) is 5.75 Å². The van der Waals surface area contributed by atoms with Crippen molar-refractivity contribution in [2.75, 3.05) is 10.8 Å². The van der Waals surface area contributed by atoms with Crippen molar-refractivity contribution in [2.45, 2.75) is 43.9 Å². The number of halogens is 5. The van der Waals surface area contributed by atoms with Gasteiger partial charge in [0, 0.05) is 12.0 Å². The predicted molar refractivity (Wildman–Crippen MR) is 148 cm³/mol. The van der Waals surface area contributed by atoms with Gasteiger partial charge in [-0.2, -0.15) is 13.2 Å². The van der Waals surface area contributed by atoms with E-state index in [0.29, 0.717) is 22.8 Å². The number of anilines is 1. The first-order valence-corrected chi connectivity index (χ1v) is 14.0. The van der Waals surface area contributed by atoms with Gasteiger partial charge in [0.2, 0.25) is 0 Å². The van der Waals surface area contributed by atoms with E-state index < -0.39 is 38.6 Å². The van der Waals surface area contributed by atoms with Crippen LogP contribution in [0, 0.1) is 12.7 Å². The molecule has 0 fully saturated rings. The van der Waals surface area contributed by atoms with Crippen LogP contribution in [0.25, 0.3) is 11.6 Å². The van der Waals surface area contributed by atoms with E-state index in [-0.39, 0.29) is 47.2 Å². The van der Waals surface area contributed by atoms with E-state index in [4.69, 9.17) is 16.3 Å². The van der Waals surface area contributed by atoms with Gasteiger partial charge >= 0.3 is 6.18 Å². The van der Waals surface area contributed by atoms with Crippen molar-refractivity contribution in [1.82, 2.24) is 0 Å². The van der Waals surface area contributed by atoms with Crippen LogP contribution in [0.1, 0.15) is 42.0 Å². The summed E-state index contributed by atoms with van der Waals surface area (Å²) in [5.74, 6) is -0.436. The van der Waals surface area contributed by atoms with E-state index in [0.717, 1.165) is 22.5 Å². The number of aliphatic hydroxyl groups excluding tert-OH is 1. The maximum atomic E-state index is 14.5. The molecule has 0 saturated carbocycles. The number of hydrogen-bond acceptors (Lipinski definition) is 4. The summed E-state index contributed by atoms with van der Waals surface area (Å²) >= 11 is 6.22. The van der Waals surface area contributed by atoms with Gasteiger partial charge in [-0.15, -0.1) is 0 Å². The van der Waals surface area contributed by atoms with Gasteiger partial charge in [0.05, 0.1) is 33.5 Å². The van der Waals surface area contributed by atoms with E-state index in [1.165, 1.54) is 12.1 Å². The van der Waals surface area contributed by atoms with Crippen LogP contribution in [0.5, 0.6) is 5.75 Å². The third-order valence-corrected chi connectivity index (χ3v) is 8.66.